The molecule has 0 bridgehead atoms. The molecule has 0 aliphatic carbocycles. The third-order valence-corrected chi connectivity index (χ3v) is 5.56. The van der Waals surface area contributed by atoms with E-state index in [2.05, 4.69) is 39.1 Å². The molecule has 0 saturated heterocycles. The van der Waals surface area contributed by atoms with Gasteiger partial charge in [-0.15, -0.1) is 18.1 Å². The number of H-pyrrole nitrogens is 2. The van der Waals surface area contributed by atoms with E-state index in [9.17, 15) is 9.59 Å². The van der Waals surface area contributed by atoms with Gasteiger partial charge in [0.1, 0.15) is 11.9 Å². The number of carbonyl (C=O) groups is 2. The van der Waals surface area contributed by atoms with Crippen LogP contribution < -0.4 is 0 Å². The van der Waals surface area contributed by atoms with Crippen molar-refractivity contribution in [2.45, 2.75) is 28.7 Å². The van der Waals surface area contributed by atoms with Crippen LogP contribution in [-0.2, 0) is 9.47 Å². The molecule has 0 radical (unpaired) electrons. The van der Waals surface area contributed by atoms with Crippen molar-refractivity contribution in [1.29, 1.82) is 0 Å². The molecule has 202 valence electrons. The van der Waals surface area contributed by atoms with Crippen LogP contribution in [0.4, 0.5) is 11.9 Å². The molecule has 0 aliphatic rings. The standard InChI is InChI=1S/C13H10ClN3O2.C13H11N3O2.2CH4/c1-7-4-5-8(12(18)19-3)6-9(7)10-11(14)17-13(15-2)16-10;1-8-4-5-9(12(17)18-3)6-10(8)11-7-15-13(14-2)16-11;;/h4-6H,1,3H3,(H,16,17);4-7H,1,3H3,(H,15,16);2*1H4. The van der Waals surface area contributed by atoms with Crippen molar-refractivity contribution in [3.63, 3.8) is 0 Å². The normalized spacial score (nSPS) is 9.41. The first kappa shape index (κ1) is 32.1. The van der Waals surface area contributed by atoms with Gasteiger partial charge in [0.2, 0.25) is 0 Å². The van der Waals surface area contributed by atoms with E-state index in [-0.39, 0.29) is 37.9 Å². The molecule has 0 aliphatic heterocycles. The average Bonchev–Trinajstić information content (AvgIpc) is 3.55. The number of methoxy groups -OCH3 is 2. The minimum absolute atomic E-state index is 0. The monoisotopic (exact) mass is 548 g/mol. The van der Waals surface area contributed by atoms with E-state index in [1.54, 1.807) is 36.5 Å². The zero-order valence-electron chi connectivity index (χ0n) is 20.3. The van der Waals surface area contributed by atoms with Gasteiger partial charge in [-0.3, -0.25) is 4.98 Å². The van der Waals surface area contributed by atoms with Gasteiger partial charge < -0.3 is 24.1 Å². The Morgan fingerprint density at radius 1 is 0.846 bits per heavy atom. The number of hydrogen-bond donors (Lipinski definition) is 2. The number of esters is 2. The fourth-order valence-corrected chi connectivity index (χ4v) is 3.58. The Morgan fingerprint density at radius 3 is 1.82 bits per heavy atom. The predicted molar refractivity (Wildman–Crippen MR) is 151 cm³/mol. The largest absolute Gasteiger partial charge is 0.465 e. The smallest absolute Gasteiger partial charge is 0.338 e. The van der Waals surface area contributed by atoms with Crippen molar-refractivity contribution in [2.24, 2.45) is 0 Å². The number of carbonyl (C=O) groups excluding carboxylic acids is 2. The second-order valence-electron chi connectivity index (χ2n) is 7.61. The Hall–Kier alpha value is -4.93. The Labute approximate surface area is 232 Å². The summed E-state index contributed by atoms with van der Waals surface area (Å²) >= 11 is 6.02. The molecular weight excluding hydrogens is 520 g/mol. The highest BCUT2D eigenvalue weighted by molar-refractivity contribution is 6.32. The number of benzene rings is 2. The number of halogens is 1. The Morgan fingerprint density at radius 2 is 1.36 bits per heavy atom. The lowest BCUT2D eigenvalue weighted by atomic mass is 10.0. The molecule has 2 N–H and O–H groups in total. The minimum atomic E-state index is -0.432. The van der Waals surface area contributed by atoms with Gasteiger partial charge in [0.15, 0.2) is 10.8 Å². The summed E-state index contributed by atoms with van der Waals surface area (Å²) < 4.78 is 9.36. The highest BCUT2D eigenvalue weighted by atomic mass is 35.5. The average molecular weight is 549 g/mol. The van der Waals surface area contributed by atoms with E-state index in [0.29, 0.717) is 28.1 Å². The molecule has 0 spiro atoms. The van der Waals surface area contributed by atoms with Gasteiger partial charge in [-0.1, -0.05) is 27.0 Å². The number of imidazole rings is 2. The van der Waals surface area contributed by atoms with Gasteiger partial charge in [-0.2, -0.15) is 4.98 Å². The van der Waals surface area contributed by atoms with Crippen LogP contribution in [-0.4, -0.2) is 46.1 Å². The molecule has 39 heavy (non-hydrogen) atoms. The van der Waals surface area contributed by atoms with Crippen LogP contribution >= 0.6 is 11.6 Å². The molecule has 2 aromatic heterocycles. The molecular formula is C28H29ClN6O4. The van der Waals surface area contributed by atoms with Crippen LogP contribution in [0.25, 0.3) is 32.2 Å². The van der Waals surface area contributed by atoms with Crippen molar-refractivity contribution in [3.8, 4) is 22.5 Å². The number of nitrogens with one attached hydrogen (secondary N) is 2. The van der Waals surface area contributed by atoms with Crippen LogP contribution in [0.1, 0.15) is 46.7 Å². The van der Waals surface area contributed by atoms with E-state index in [0.717, 1.165) is 16.7 Å². The second kappa shape index (κ2) is 14.1. The lowest BCUT2D eigenvalue weighted by Crippen LogP contribution is -2.01. The van der Waals surface area contributed by atoms with E-state index in [4.69, 9.17) is 24.7 Å². The summed E-state index contributed by atoms with van der Waals surface area (Å²) in [6.07, 6.45) is 1.58. The van der Waals surface area contributed by atoms with E-state index < -0.39 is 5.97 Å². The van der Waals surface area contributed by atoms with Gasteiger partial charge in [0.25, 0.3) is 0 Å². The lowest BCUT2D eigenvalue weighted by molar-refractivity contribution is 0.0592. The Bertz CT molecular complexity index is 1560. The van der Waals surface area contributed by atoms with Gasteiger partial charge in [-0.25, -0.2) is 9.59 Å². The van der Waals surface area contributed by atoms with Crippen LogP contribution in [0, 0.1) is 27.0 Å². The van der Waals surface area contributed by atoms with Gasteiger partial charge in [0, 0.05) is 11.1 Å². The molecule has 0 fully saturated rings. The SMILES string of the molecule is C.C.[C-]#[N+]c1nc(-c2cc(C(=O)OC)ccc2C)c(Cl)[nH]1.[C-]#[N+]c1ncc(-c2cc(C(=O)OC)ccc2C)[nH]1. The first-order valence-electron chi connectivity index (χ1n) is 10.7. The van der Waals surface area contributed by atoms with Crippen LogP contribution in [0.3, 0.4) is 0 Å². The van der Waals surface area contributed by atoms with Crippen molar-refractivity contribution in [1.82, 2.24) is 19.9 Å². The van der Waals surface area contributed by atoms with Crippen molar-refractivity contribution >= 4 is 35.4 Å². The lowest BCUT2D eigenvalue weighted by Gasteiger charge is -2.04. The summed E-state index contributed by atoms with van der Waals surface area (Å²) in [4.78, 5) is 43.0. The number of aromatic nitrogens is 4. The number of aryl methyl sites for hydroxylation is 2. The highest BCUT2D eigenvalue weighted by Crippen LogP contribution is 2.31. The summed E-state index contributed by atoms with van der Waals surface area (Å²) in [6, 6.07) is 10.4. The van der Waals surface area contributed by atoms with E-state index in [1.165, 1.54) is 14.2 Å². The molecule has 0 saturated carbocycles. The predicted octanol–water partition coefficient (Wildman–Crippen LogP) is 7.37. The molecule has 2 aromatic carbocycles. The molecule has 0 unspecified atom stereocenters. The first-order valence-corrected chi connectivity index (χ1v) is 11.0. The van der Waals surface area contributed by atoms with Crippen LogP contribution in [0.15, 0.2) is 42.6 Å². The maximum absolute atomic E-state index is 11.5. The summed E-state index contributed by atoms with van der Waals surface area (Å²) in [7, 11) is 2.66. The fourth-order valence-electron chi connectivity index (χ4n) is 3.36. The molecule has 2 heterocycles. The van der Waals surface area contributed by atoms with Crippen LogP contribution in [0.2, 0.25) is 5.15 Å². The topological polar surface area (TPSA) is 119 Å². The fraction of sp³-hybridized carbons (Fsp3) is 0.214. The van der Waals surface area contributed by atoms with E-state index >= 15 is 0 Å². The number of ether oxygens (including phenoxy) is 2. The van der Waals surface area contributed by atoms with Gasteiger partial charge in [0.05, 0.1) is 25.3 Å². The Kier molecular flexibility index (Phi) is 11.6. The summed E-state index contributed by atoms with van der Waals surface area (Å²) in [6.45, 7) is 17.6. The van der Waals surface area contributed by atoms with Crippen molar-refractivity contribution in [2.75, 3.05) is 14.2 Å². The molecule has 4 rings (SSSR count). The molecule has 0 atom stereocenters. The van der Waals surface area contributed by atoms with Gasteiger partial charge >= 0.3 is 23.8 Å². The molecule has 10 nitrogen and oxygen atoms in total. The minimum Gasteiger partial charge on any atom is -0.465 e. The number of aromatic amines is 2. The zero-order valence-corrected chi connectivity index (χ0v) is 21.1. The quantitative estimate of drug-likeness (QED) is 0.203. The van der Waals surface area contributed by atoms with Gasteiger partial charge in [-0.05, 0) is 60.8 Å². The number of rotatable bonds is 4. The summed E-state index contributed by atoms with van der Waals surface area (Å²) in [5.74, 6) is -0.477. The highest BCUT2D eigenvalue weighted by Gasteiger charge is 2.18. The second-order valence-corrected chi connectivity index (χ2v) is 7.99. The number of nitrogens with zero attached hydrogens (tertiary/aromatic N) is 4. The van der Waals surface area contributed by atoms with Crippen molar-refractivity contribution < 1.29 is 19.1 Å². The first-order chi connectivity index (χ1) is 17.7. The third kappa shape index (κ3) is 7.31. The number of hydrogen-bond acceptors (Lipinski definition) is 6. The Balaban J connectivity index is 0.000000371. The molecule has 0 amide bonds. The molecule has 11 heteroatoms. The van der Waals surface area contributed by atoms with E-state index in [1.807, 2.05) is 19.9 Å². The van der Waals surface area contributed by atoms with Crippen LogP contribution in [0.5, 0.6) is 0 Å². The maximum Gasteiger partial charge on any atom is 0.338 e. The molecule has 4 aromatic rings. The van der Waals surface area contributed by atoms with Crippen molar-refractivity contribution in [3.05, 3.63) is 92.8 Å². The summed E-state index contributed by atoms with van der Waals surface area (Å²) in [5.41, 5.74) is 5.46. The summed E-state index contributed by atoms with van der Waals surface area (Å²) in [5, 5.41) is 0.274. The maximum atomic E-state index is 11.5. The zero-order chi connectivity index (χ0) is 27.1. The third-order valence-electron chi connectivity index (χ3n) is 5.28.